The molecule has 4 aromatic carbocycles. The molecule has 0 radical (unpaired) electrons. The Bertz CT molecular complexity index is 1090. The lowest BCUT2D eigenvalue weighted by Crippen LogP contribution is -2.12. The Morgan fingerprint density at radius 1 is 0.630 bits per heavy atom. The SMILES string of the molecule is O=C(Nc1ccc(C=Cc2ccccc2)cc1)c1cccc2ccccc12. The minimum absolute atomic E-state index is 0.0978. The molecular formula is C25H19NO. The van der Waals surface area contributed by atoms with Crippen LogP contribution in [0, 0.1) is 0 Å². The third-order valence-corrected chi connectivity index (χ3v) is 4.47. The molecule has 0 spiro atoms. The Morgan fingerprint density at radius 2 is 1.26 bits per heavy atom. The lowest BCUT2D eigenvalue weighted by molar-refractivity contribution is 0.102. The van der Waals surface area contributed by atoms with Crippen molar-refractivity contribution >= 4 is 34.5 Å². The topological polar surface area (TPSA) is 29.1 Å². The summed E-state index contributed by atoms with van der Waals surface area (Å²) in [5, 5.41) is 5.01. The largest absolute Gasteiger partial charge is 0.322 e. The van der Waals surface area contributed by atoms with E-state index in [1.807, 2.05) is 84.9 Å². The first kappa shape index (κ1) is 16.8. The van der Waals surface area contributed by atoms with Gasteiger partial charge in [0.2, 0.25) is 0 Å². The van der Waals surface area contributed by atoms with Crippen LogP contribution in [-0.2, 0) is 0 Å². The third kappa shape index (κ3) is 3.96. The van der Waals surface area contributed by atoms with E-state index < -0.39 is 0 Å². The summed E-state index contributed by atoms with van der Waals surface area (Å²) in [5.41, 5.74) is 3.71. The number of carbonyl (C=O) groups excluding carboxylic acids is 1. The number of carbonyl (C=O) groups is 1. The van der Waals surface area contributed by atoms with Gasteiger partial charge < -0.3 is 5.32 Å². The van der Waals surface area contributed by atoms with Crippen molar-refractivity contribution in [1.82, 2.24) is 0 Å². The van der Waals surface area contributed by atoms with Gasteiger partial charge >= 0.3 is 0 Å². The van der Waals surface area contributed by atoms with Gasteiger partial charge in [0, 0.05) is 11.3 Å². The van der Waals surface area contributed by atoms with Crippen molar-refractivity contribution < 1.29 is 4.79 Å². The number of rotatable bonds is 4. The molecule has 0 aliphatic carbocycles. The number of fused-ring (bicyclic) bond motifs is 1. The van der Waals surface area contributed by atoms with Crippen LogP contribution in [0.3, 0.4) is 0 Å². The summed E-state index contributed by atoms with van der Waals surface area (Å²) < 4.78 is 0. The fourth-order valence-corrected chi connectivity index (χ4v) is 3.06. The van der Waals surface area contributed by atoms with E-state index in [9.17, 15) is 4.79 Å². The van der Waals surface area contributed by atoms with Crippen LogP contribution in [0.25, 0.3) is 22.9 Å². The molecule has 0 bridgehead atoms. The minimum atomic E-state index is -0.0978. The maximum atomic E-state index is 12.7. The molecule has 1 N–H and O–H groups in total. The van der Waals surface area contributed by atoms with E-state index in [1.54, 1.807) is 0 Å². The van der Waals surface area contributed by atoms with Crippen molar-refractivity contribution in [1.29, 1.82) is 0 Å². The van der Waals surface area contributed by atoms with Crippen molar-refractivity contribution in [2.24, 2.45) is 0 Å². The predicted octanol–water partition coefficient (Wildman–Crippen LogP) is 6.26. The average molecular weight is 349 g/mol. The van der Waals surface area contributed by atoms with Crippen LogP contribution < -0.4 is 5.32 Å². The van der Waals surface area contributed by atoms with E-state index in [1.165, 1.54) is 0 Å². The lowest BCUT2D eigenvalue weighted by atomic mass is 10.0. The van der Waals surface area contributed by atoms with Gasteiger partial charge in [0.05, 0.1) is 0 Å². The van der Waals surface area contributed by atoms with Crippen molar-refractivity contribution in [2.75, 3.05) is 5.32 Å². The van der Waals surface area contributed by atoms with E-state index in [0.717, 1.165) is 27.6 Å². The van der Waals surface area contributed by atoms with E-state index in [2.05, 4.69) is 29.6 Å². The summed E-state index contributed by atoms with van der Waals surface area (Å²) in [7, 11) is 0. The van der Waals surface area contributed by atoms with Crippen molar-refractivity contribution in [3.05, 3.63) is 114 Å². The smallest absolute Gasteiger partial charge is 0.256 e. The van der Waals surface area contributed by atoms with E-state index in [0.29, 0.717) is 5.56 Å². The van der Waals surface area contributed by atoms with Crippen LogP contribution in [0.4, 0.5) is 5.69 Å². The Hall–Kier alpha value is -3.65. The molecule has 0 aliphatic rings. The standard InChI is InChI=1S/C25H19NO/c27-25(24-12-6-10-21-9-4-5-11-23(21)24)26-22-17-15-20(16-18-22)14-13-19-7-2-1-3-8-19/h1-18H,(H,26,27). The second-order valence-electron chi connectivity index (χ2n) is 6.35. The van der Waals surface area contributed by atoms with Crippen molar-refractivity contribution in [3.8, 4) is 0 Å². The maximum absolute atomic E-state index is 12.7. The zero-order valence-corrected chi connectivity index (χ0v) is 14.8. The second kappa shape index (κ2) is 7.71. The Morgan fingerprint density at radius 3 is 2.04 bits per heavy atom. The number of nitrogens with one attached hydrogen (secondary N) is 1. The average Bonchev–Trinajstić information content (AvgIpc) is 2.73. The minimum Gasteiger partial charge on any atom is -0.322 e. The first-order valence-electron chi connectivity index (χ1n) is 8.92. The van der Waals surface area contributed by atoms with Gasteiger partial charge in [-0.25, -0.2) is 0 Å². The molecular weight excluding hydrogens is 330 g/mol. The number of benzene rings is 4. The normalized spacial score (nSPS) is 11.0. The highest BCUT2D eigenvalue weighted by Crippen LogP contribution is 2.20. The fraction of sp³-hybridized carbons (Fsp3) is 0. The fourth-order valence-electron chi connectivity index (χ4n) is 3.06. The van der Waals surface area contributed by atoms with Gasteiger partial charge in [-0.05, 0) is 40.1 Å². The lowest BCUT2D eigenvalue weighted by Gasteiger charge is -2.08. The molecule has 0 fully saturated rings. The first-order chi connectivity index (χ1) is 13.3. The van der Waals surface area contributed by atoms with E-state index >= 15 is 0 Å². The molecule has 27 heavy (non-hydrogen) atoms. The molecule has 4 aromatic rings. The molecule has 2 heteroatoms. The first-order valence-corrected chi connectivity index (χ1v) is 8.92. The summed E-state index contributed by atoms with van der Waals surface area (Å²) in [6.45, 7) is 0. The van der Waals surface area contributed by atoms with Gasteiger partial charge in [-0.1, -0.05) is 91.0 Å². The Kier molecular flexibility index (Phi) is 4.80. The van der Waals surface area contributed by atoms with Crippen LogP contribution in [0.15, 0.2) is 97.1 Å². The van der Waals surface area contributed by atoms with Gasteiger partial charge in [0.15, 0.2) is 0 Å². The van der Waals surface area contributed by atoms with Crippen LogP contribution >= 0.6 is 0 Å². The van der Waals surface area contributed by atoms with Gasteiger partial charge in [-0.3, -0.25) is 4.79 Å². The molecule has 0 saturated carbocycles. The molecule has 2 nitrogen and oxygen atoms in total. The van der Waals surface area contributed by atoms with Crippen molar-refractivity contribution in [3.63, 3.8) is 0 Å². The zero-order chi connectivity index (χ0) is 18.5. The summed E-state index contributed by atoms with van der Waals surface area (Å²) in [4.78, 5) is 12.7. The molecule has 0 unspecified atom stereocenters. The molecule has 0 saturated heterocycles. The molecule has 130 valence electrons. The molecule has 0 aromatic heterocycles. The quantitative estimate of drug-likeness (QED) is 0.433. The molecule has 0 heterocycles. The molecule has 1 amide bonds. The summed E-state index contributed by atoms with van der Waals surface area (Å²) in [5.74, 6) is -0.0978. The maximum Gasteiger partial charge on any atom is 0.256 e. The Labute approximate surface area is 158 Å². The summed E-state index contributed by atoms with van der Waals surface area (Å²) in [6.07, 6.45) is 4.13. The predicted molar refractivity (Wildman–Crippen MR) is 114 cm³/mol. The number of anilines is 1. The van der Waals surface area contributed by atoms with E-state index in [-0.39, 0.29) is 5.91 Å². The number of amides is 1. The highest BCUT2D eigenvalue weighted by molar-refractivity contribution is 6.12. The van der Waals surface area contributed by atoms with Gasteiger partial charge in [0.25, 0.3) is 5.91 Å². The molecule has 4 rings (SSSR count). The summed E-state index contributed by atoms with van der Waals surface area (Å²) in [6, 6.07) is 31.7. The van der Waals surface area contributed by atoms with Crippen LogP contribution in [0.2, 0.25) is 0 Å². The van der Waals surface area contributed by atoms with Crippen LogP contribution in [0.1, 0.15) is 21.5 Å². The zero-order valence-electron chi connectivity index (χ0n) is 14.8. The second-order valence-corrected chi connectivity index (χ2v) is 6.35. The number of hydrogen-bond donors (Lipinski definition) is 1. The molecule has 0 aliphatic heterocycles. The van der Waals surface area contributed by atoms with Crippen LogP contribution in [-0.4, -0.2) is 5.91 Å². The van der Waals surface area contributed by atoms with Gasteiger partial charge in [0.1, 0.15) is 0 Å². The van der Waals surface area contributed by atoms with Crippen molar-refractivity contribution in [2.45, 2.75) is 0 Å². The van der Waals surface area contributed by atoms with Gasteiger partial charge in [-0.2, -0.15) is 0 Å². The van der Waals surface area contributed by atoms with Crippen LogP contribution in [0.5, 0.6) is 0 Å². The van der Waals surface area contributed by atoms with Gasteiger partial charge in [-0.15, -0.1) is 0 Å². The third-order valence-electron chi connectivity index (χ3n) is 4.47. The highest BCUT2D eigenvalue weighted by atomic mass is 16.1. The monoisotopic (exact) mass is 349 g/mol. The molecule has 0 atom stereocenters. The number of hydrogen-bond acceptors (Lipinski definition) is 1. The highest BCUT2D eigenvalue weighted by Gasteiger charge is 2.09. The summed E-state index contributed by atoms with van der Waals surface area (Å²) >= 11 is 0. The Balaban J connectivity index is 1.49. The van der Waals surface area contributed by atoms with E-state index in [4.69, 9.17) is 0 Å².